The van der Waals surface area contributed by atoms with Crippen LogP contribution in [-0.4, -0.2) is 40.8 Å². The van der Waals surface area contributed by atoms with Crippen molar-refractivity contribution in [3.8, 4) is 22.9 Å². The molecule has 1 heterocycles. The monoisotopic (exact) mass is 417 g/mol. The Bertz CT molecular complexity index is 994. The standard InChI is InChI=1S/C19H20FN5O3S/c1-27-15-8-3-12(9-16(15)28-2)10-22-17(26)11-29-19-24-23-18(25(19)21)13-4-6-14(20)7-5-13/h3-9H,10-11,21H2,1-2H3,(H,22,26). The minimum atomic E-state index is -0.349. The van der Waals surface area contributed by atoms with Crippen LogP contribution < -0.4 is 20.6 Å². The number of nitrogens with two attached hydrogens (primary N) is 1. The summed E-state index contributed by atoms with van der Waals surface area (Å²) in [5.41, 5.74) is 1.51. The van der Waals surface area contributed by atoms with Crippen molar-refractivity contribution in [1.82, 2.24) is 20.2 Å². The van der Waals surface area contributed by atoms with E-state index in [1.807, 2.05) is 6.07 Å². The molecule has 0 bridgehead atoms. The van der Waals surface area contributed by atoms with Crippen molar-refractivity contribution < 1.29 is 18.7 Å². The van der Waals surface area contributed by atoms with E-state index >= 15 is 0 Å². The Morgan fingerprint density at radius 2 is 1.86 bits per heavy atom. The van der Waals surface area contributed by atoms with Gasteiger partial charge in [0.2, 0.25) is 11.1 Å². The fraction of sp³-hybridized carbons (Fsp3) is 0.211. The molecule has 3 aromatic rings. The molecule has 0 atom stereocenters. The maximum Gasteiger partial charge on any atom is 0.230 e. The number of hydrogen-bond acceptors (Lipinski definition) is 7. The van der Waals surface area contributed by atoms with Gasteiger partial charge in [0.25, 0.3) is 0 Å². The van der Waals surface area contributed by atoms with Gasteiger partial charge in [0, 0.05) is 12.1 Å². The number of rotatable bonds is 8. The SMILES string of the molecule is COc1ccc(CNC(=O)CSc2nnc(-c3ccc(F)cc3)n2N)cc1OC. The molecule has 2 aromatic carbocycles. The third-order valence-corrected chi connectivity index (χ3v) is 4.98. The molecule has 0 saturated heterocycles. The lowest BCUT2D eigenvalue weighted by Crippen LogP contribution is -2.25. The highest BCUT2D eigenvalue weighted by Gasteiger charge is 2.14. The lowest BCUT2D eigenvalue weighted by molar-refractivity contribution is -0.118. The second-order valence-corrected chi connectivity index (χ2v) is 6.88. The molecule has 0 aliphatic rings. The Hall–Kier alpha value is -3.27. The molecule has 0 saturated carbocycles. The quantitative estimate of drug-likeness (QED) is 0.428. The lowest BCUT2D eigenvalue weighted by Gasteiger charge is -2.10. The first-order valence-electron chi connectivity index (χ1n) is 8.58. The summed E-state index contributed by atoms with van der Waals surface area (Å²) in [6, 6.07) is 11.2. The van der Waals surface area contributed by atoms with Crippen LogP contribution in [0.5, 0.6) is 11.5 Å². The molecule has 0 radical (unpaired) electrons. The number of hydrogen-bond donors (Lipinski definition) is 2. The summed E-state index contributed by atoms with van der Waals surface area (Å²) in [5.74, 6) is 7.19. The van der Waals surface area contributed by atoms with Crippen molar-refractivity contribution in [3.05, 3.63) is 53.8 Å². The molecule has 0 aliphatic carbocycles. The molecule has 10 heteroatoms. The predicted molar refractivity (Wildman–Crippen MR) is 108 cm³/mol. The number of carbonyl (C=O) groups excluding carboxylic acids is 1. The Labute approximate surface area is 171 Å². The third-order valence-electron chi connectivity index (χ3n) is 4.04. The number of ether oxygens (including phenoxy) is 2. The second-order valence-electron chi connectivity index (χ2n) is 5.94. The topological polar surface area (TPSA) is 104 Å². The summed E-state index contributed by atoms with van der Waals surface area (Å²) in [6.45, 7) is 0.343. The number of halogens is 1. The Morgan fingerprint density at radius 1 is 1.14 bits per heavy atom. The number of carbonyl (C=O) groups is 1. The summed E-state index contributed by atoms with van der Waals surface area (Å²) in [4.78, 5) is 12.2. The minimum absolute atomic E-state index is 0.117. The van der Waals surface area contributed by atoms with E-state index in [0.29, 0.717) is 34.6 Å². The van der Waals surface area contributed by atoms with Crippen LogP contribution in [-0.2, 0) is 11.3 Å². The van der Waals surface area contributed by atoms with E-state index in [1.165, 1.54) is 16.8 Å². The van der Waals surface area contributed by atoms with Crippen molar-refractivity contribution in [2.24, 2.45) is 0 Å². The van der Waals surface area contributed by atoms with Crippen LogP contribution in [0.1, 0.15) is 5.56 Å². The van der Waals surface area contributed by atoms with E-state index in [4.69, 9.17) is 15.3 Å². The van der Waals surface area contributed by atoms with E-state index in [9.17, 15) is 9.18 Å². The molecule has 3 N–H and O–H groups in total. The van der Waals surface area contributed by atoms with Gasteiger partial charge in [-0.3, -0.25) is 4.79 Å². The highest BCUT2D eigenvalue weighted by atomic mass is 32.2. The number of amides is 1. The number of nitrogen functional groups attached to an aromatic ring is 1. The second kappa shape index (κ2) is 9.28. The smallest absolute Gasteiger partial charge is 0.230 e. The lowest BCUT2D eigenvalue weighted by atomic mass is 10.2. The summed E-state index contributed by atoms with van der Waals surface area (Å²) in [6.07, 6.45) is 0. The zero-order chi connectivity index (χ0) is 20.8. The van der Waals surface area contributed by atoms with Crippen molar-refractivity contribution >= 4 is 17.7 Å². The summed E-state index contributed by atoms with van der Waals surface area (Å²) in [7, 11) is 3.12. The van der Waals surface area contributed by atoms with Crippen molar-refractivity contribution in [1.29, 1.82) is 0 Å². The van der Waals surface area contributed by atoms with Crippen LogP contribution in [0.3, 0.4) is 0 Å². The van der Waals surface area contributed by atoms with Crippen molar-refractivity contribution in [3.63, 3.8) is 0 Å². The first kappa shape index (κ1) is 20.5. The molecule has 0 spiro atoms. The van der Waals surface area contributed by atoms with Crippen LogP contribution in [0.25, 0.3) is 11.4 Å². The highest BCUT2D eigenvalue weighted by molar-refractivity contribution is 7.99. The fourth-order valence-electron chi connectivity index (χ4n) is 2.54. The van der Waals surface area contributed by atoms with Gasteiger partial charge in [-0.25, -0.2) is 9.07 Å². The number of aromatic nitrogens is 3. The van der Waals surface area contributed by atoms with Crippen molar-refractivity contribution in [2.75, 3.05) is 25.8 Å². The molecule has 1 aromatic heterocycles. The predicted octanol–water partition coefficient (Wildman–Crippen LogP) is 2.22. The molecule has 29 heavy (non-hydrogen) atoms. The number of nitrogens with one attached hydrogen (secondary N) is 1. The van der Waals surface area contributed by atoms with Gasteiger partial charge in [-0.15, -0.1) is 10.2 Å². The van der Waals surface area contributed by atoms with Crippen LogP contribution in [0.15, 0.2) is 47.6 Å². The van der Waals surface area contributed by atoms with Gasteiger partial charge in [-0.1, -0.05) is 17.8 Å². The third kappa shape index (κ3) is 4.96. The Kier molecular flexibility index (Phi) is 6.55. The summed E-state index contributed by atoms with van der Waals surface area (Å²) in [5, 5.41) is 11.2. The van der Waals surface area contributed by atoms with Gasteiger partial charge >= 0.3 is 0 Å². The average Bonchev–Trinajstić information content (AvgIpc) is 3.11. The highest BCUT2D eigenvalue weighted by Crippen LogP contribution is 2.27. The van der Waals surface area contributed by atoms with E-state index in [0.717, 1.165) is 17.3 Å². The van der Waals surface area contributed by atoms with Crippen molar-refractivity contribution in [2.45, 2.75) is 11.7 Å². The largest absolute Gasteiger partial charge is 0.493 e. The summed E-state index contributed by atoms with van der Waals surface area (Å²) < 4.78 is 24.8. The van der Waals surface area contributed by atoms with Gasteiger partial charge in [0.15, 0.2) is 17.3 Å². The molecule has 152 valence electrons. The average molecular weight is 417 g/mol. The Morgan fingerprint density at radius 3 is 2.55 bits per heavy atom. The van der Waals surface area contributed by atoms with Crippen LogP contribution in [0.4, 0.5) is 4.39 Å². The van der Waals surface area contributed by atoms with Crippen LogP contribution in [0, 0.1) is 5.82 Å². The summed E-state index contributed by atoms with van der Waals surface area (Å²) >= 11 is 1.16. The molecule has 1 amide bonds. The number of benzene rings is 2. The van der Waals surface area contributed by atoms with E-state index in [-0.39, 0.29) is 17.5 Å². The molecule has 0 fully saturated rings. The maximum absolute atomic E-state index is 13.1. The van der Waals surface area contributed by atoms with Gasteiger partial charge < -0.3 is 20.6 Å². The first-order valence-corrected chi connectivity index (χ1v) is 9.57. The van der Waals surface area contributed by atoms with E-state index < -0.39 is 0 Å². The van der Waals surface area contributed by atoms with E-state index in [2.05, 4.69) is 15.5 Å². The molecule has 0 unspecified atom stereocenters. The van der Waals surface area contributed by atoms with Gasteiger partial charge in [-0.05, 0) is 42.0 Å². The number of methoxy groups -OCH3 is 2. The Balaban J connectivity index is 1.55. The van der Waals surface area contributed by atoms with Gasteiger partial charge in [-0.2, -0.15) is 0 Å². The number of nitrogens with zero attached hydrogens (tertiary/aromatic N) is 3. The van der Waals surface area contributed by atoms with Gasteiger partial charge in [0.05, 0.1) is 20.0 Å². The molecule has 3 rings (SSSR count). The molecule has 0 aliphatic heterocycles. The maximum atomic E-state index is 13.1. The molecular formula is C19H20FN5O3S. The molecule has 8 nitrogen and oxygen atoms in total. The molecular weight excluding hydrogens is 397 g/mol. The van der Waals surface area contributed by atoms with Crippen LogP contribution in [0.2, 0.25) is 0 Å². The fourth-order valence-corrected chi connectivity index (χ4v) is 3.23. The normalized spacial score (nSPS) is 10.6. The number of thioether (sulfide) groups is 1. The zero-order valence-electron chi connectivity index (χ0n) is 15.9. The zero-order valence-corrected chi connectivity index (χ0v) is 16.7. The van der Waals surface area contributed by atoms with Gasteiger partial charge in [0.1, 0.15) is 5.82 Å². The first-order chi connectivity index (χ1) is 14.0. The van der Waals surface area contributed by atoms with Crippen LogP contribution >= 0.6 is 11.8 Å². The minimum Gasteiger partial charge on any atom is -0.493 e. The van der Waals surface area contributed by atoms with E-state index in [1.54, 1.807) is 38.5 Å².